The van der Waals surface area contributed by atoms with Gasteiger partial charge in [-0.25, -0.2) is 9.78 Å². The van der Waals surface area contributed by atoms with Crippen molar-refractivity contribution in [1.29, 1.82) is 0 Å². The van der Waals surface area contributed by atoms with Crippen molar-refractivity contribution in [3.63, 3.8) is 0 Å². The Bertz CT molecular complexity index is 567. The molecule has 0 aromatic carbocycles. The van der Waals surface area contributed by atoms with Crippen molar-refractivity contribution in [3.8, 4) is 0 Å². The molecule has 1 saturated carbocycles. The van der Waals surface area contributed by atoms with Crippen LogP contribution in [0.15, 0.2) is 10.9 Å². The van der Waals surface area contributed by atoms with Crippen LogP contribution in [0.3, 0.4) is 0 Å². The number of methoxy groups -OCH3 is 1. The highest BCUT2D eigenvalue weighted by molar-refractivity contribution is 5.80. The third kappa shape index (κ3) is 2.53. The second-order valence-electron chi connectivity index (χ2n) is 5.07. The van der Waals surface area contributed by atoms with Crippen molar-refractivity contribution >= 4 is 11.8 Å². The molecule has 1 aliphatic carbocycles. The Kier molecular flexibility index (Phi) is 3.43. The molecule has 2 fully saturated rings. The van der Waals surface area contributed by atoms with Gasteiger partial charge in [0, 0.05) is 18.5 Å². The summed E-state index contributed by atoms with van der Waals surface area (Å²) in [7, 11) is 1.34. The third-order valence-corrected chi connectivity index (χ3v) is 3.61. The molecule has 7 nitrogen and oxygen atoms in total. The molecular formula is C13H17N3O4. The van der Waals surface area contributed by atoms with Crippen LogP contribution in [-0.2, 0) is 14.3 Å². The van der Waals surface area contributed by atoms with Crippen LogP contribution in [0.2, 0.25) is 0 Å². The van der Waals surface area contributed by atoms with Gasteiger partial charge < -0.3 is 19.4 Å². The van der Waals surface area contributed by atoms with Crippen molar-refractivity contribution in [2.45, 2.75) is 24.8 Å². The summed E-state index contributed by atoms with van der Waals surface area (Å²) in [5.74, 6) is 1.21. The normalized spacial score (nSPS) is 22.6. The number of ether oxygens (including phenoxy) is 2. The largest absolute Gasteiger partial charge is 0.467 e. The topological polar surface area (TPSA) is 84.5 Å². The molecule has 0 amide bonds. The minimum atomic E-state index is -0.546. The summed E-state index contributed by atoms with van der Waals surface area (Å²) in [6, 6.07) is 0.878. The van der Waals surface area contributed by atoms with Gasteiger partial charge in [-0.1, -0.05) is 0 Å². The summed E-state index contributed by atoms with van der Waals surface area (Å²) in [5, 5.41) is 0. The molecular weight excluding hydrogens is 262 g/mol. The summed E-state index contributed by atoms with van der Waals surface area (Å²) in [6.45, 7) is 1.26. The van der Waals surface area contributed by atoms with Gasteiger partial charge in [0.25, 0.3) is 5.56 Å². The first-order chi connectivity index (χ1) is 9.69. The lowest BCUT2D eigenvalue weighted by molar-refractivity contribution is -0.144. The molecule has 2 aliphatic rings. The van der Waals surface area contributed by atoms with Crippen LogP contribution < -0.4 is 10.5 Å². The fourth-order valence-corrected chi connectivity index (χ4v) is 2.37. The molecule has 0 bridgehead atoms. The van der Waals surface area contributed by atoms with Crippen molar-refractivity contribution in [1.82, 2.24) is 9.97 Å². The highest BCUT2D eigenvalue weighted by Crippen LogP contribution is 2.38. The van der Waals surface area contributed by atoms with E-state index < -0.39 is 6.04 Å². The lowest BCUT2D eigenvalue weighted by Crippen LogP contribution is -2.51. The number of H-pyrrole nitrogens is 1. The molecule has 108 valence electrons. The lowest BCUT2D eigenvalue weighted by Gasteiger charge is -2.34. The quantitative estimate of drug-likeness (QED) is 0.786. The van der Waals surface area contributed by atoms with Crippen molar-refractivity contribution in [2.75, 3.05) is 31.8 Å². The van der Waals surface area contributed by atoms with E-state index in [1.165, 1.54) is 13.2 Å². The van der Waals surface area contributed by atoms with Crippen LogP contribution in [0.1, 0.15) is 24.6 Å². The highest BCUT2D eigenvalue weighted by Gasteiger charge is 2.33. The van der Waals surface area contributed by atoms with E-state index in [9.17, 15) is 9.59 Å². The van der Waals surface area contributed by atoms with E-state index in [-0.39, 0.29) is 18.1 Å². The number of nitrogens with one attached hydrogen (secondary N) is 1. The van der Waals surface area contributed by atoms with Gasteiger partial charge in [-0.15, -0.1) is 0 Å². The van der Waals surface area contributed by atoms with E-state index >= 15 is 0 Å². The molecule has 1 aromatic rings. The van der Waals surface area contributed by atoms with Gasteiger partial charge in [-0.2, -0.15) is 0 Å². The number of rotatable bonds is 3. The Labute approximate surface area is 115 Å². The Hall–Kier alpha value is -1.89. The van der Waals surface area contributed by atoms with E-state index in [4.69, 9.17) is 9.47 Å². The lowest BCUT2D eigenvalue weighted by atomic mass is 10.2. The van der Waals surface area contributed by atoms with Crippen molar-refractivity contribution in [2.24, 2.45) is 0 Å². The number of carbonyl (C=O) groups excluding carboxylic acids is 1. The van der Waals surface area contributed by atoms with Crippen LogP contribution in [0.25, 0.3) is 0 Å². The van der Waals surface area contributed by atoms with Gasteiger partial charge in [-0.05, 0) is 12.8 Å². The number of morpholine rings is 1. The summed E-state index contributed by atoms with van der Waals surface area (Å²) < 4.78 is 10.1. The standard InChI is InChI=1S/C13H17N3O4/c1-19-13(18)9-7-20-5-4-16(9)10-6-11(17)15-12(14-10)8-2-3-8/h6,8-9H,2-5,7H2,1H3,(H,14,15,17). The van der Waals surface area contributed by atoms with Crippen molar-refractivity contribution < 1.29 is 14.3 Å². The second kappa shape index (κ2) is 5.24. The Morgan fingerprint density at radius 2 is 2.35 bits per heavy atom. The predicted molar refractivity (Wildman–Crippen MR) is 70.8 cm³/mol. The molecule has 20 heavy (non-hydrogen) atoms. The number of aromatic nitrogens is 2. The molecule has 1 N–H and O–H groups in total. The number of carbonyl (C=O) groups is 1. The summed E-state index contributed by atoms with van der Waals surface area (Å²) in [6.07, 6.45) is 2.10. The predicted octanol–water partition coefficient (Wildman–Crippen LogP) is 0.0255. The van der Waals surface area contributed by atoms with Crippen LogP contribution in [0.5, 0.6) is 0 Å². The summed E-state index contributed by atoms with van der Waals surface area (Å²) in [5.41, 5.74) is -0.188. The molecule has 0 spiro atoms. The highest BCUT2D eigenvalue weighted by atomic mass is 16.5. The van der Waals surface area contributed by atoms with Gasteiger partial charge in [0.2, 0.25) is 0 Å². The molecule has 2 heterocycles. The summed E-state index contributed by atoms with van der Waals surface area (Å²) in [4.78, 5) is 32.6. The fraction of sp³-hybridized carbons (Fsp3) is 0.615. The molecule has 3 rings (SSSR count). The molecule has 7 heteroatoms. The first-order valence-electron chi connectivity index (χ1n) is 6.72. The van der Waals surface area contributed by atoms with Gasteiger partial charge >= 0.3 is 5.97 Å². The fourth-order valence-electron chi connectivity index (χ4n) is 2.37. The Balaban J connectivity index is 1.92. The maximum Gasteiger partial charge on any atom is 0.330 e. The average Bonchev–Trinajstić information content (AvgIpc) is 3.30. The molecule has 1 unspecified atom stereocenters. The monoisotopic (exact) mass is 279 g/mol. The SMILES string of the molecule is COC(=O)C1COCCN1c1cc(=O)[nH]c(C2CC2)n1. The zero-order valence-electron chi connectivity index (χ0n) is 11.3. The van der Waals surface area contributed by atoms with E-state index in [2.05, 4.69) is 9.97 Å². The van der Waals surface area contributed by atoms with Gasteiger partial charge in [0.15, 0.2) is 6.04 Å². The second-order valence-corrected chi connectivity index (χ2v) is 5.07. The maximum absolute atomic E-state index is 11.8. The first kappa shape index (κ1) is 13.1. The Morgan fingerprint density at radius 1 is 1.55 bits per heavy atom. The van der Waals surface area contributed by atoms with Gasteiger partial charge in [0.05, 0.1) is 20.3 Å². The van der Waals surface area contributed by atoms with E-state index in [0.717, 1.165) is 12.8 Å². The van der Waals surface area contributed by atoms with Gasteiger partial charge in [-0.3, -0.25) is 4.79 Å². The minimum absolute atomic E-state index is 0.188. The number of aromatic amines is 1. The molecule has 0 radical (unpaired) electrons. The van der Waals surface area contributed by atoms with Crippen LogP contribution in [0.4, 0.5) is 5.82 Å². The molecule has 1 aliphatic heterocycles. The van der Waals surface area contributed by atoms with E-state index in [1.807, 2.05) is 0 Å². The zero-order chi connectivity index (χ0) is 14.1. The number of hydrogen-bond acceptors (Lipinski definition) is 6. The zero-order valence-corrected chi connectivity index (χ0v) is 11.3. The average molecular weight is 279 g/mol. The van der Waals surface area contributed by atoms with Crippen LogP contribution >= 0.6 is 0 Å². The maximum atomic E-state index is 11.8. The molecule has 1 atom stereocenters. The number of anilines is 1. The number of nitrogens with zero attached hydrogens (tertiary/aromatic N) is 2. The molecule has 1 saturated heterocycles. The van der Waals surface area contributed by atoms with Gasteiger partial charge in [0.1, 0.15) is 11.6 Å². The van der Waals surface area contributed by atoms with Crippen LogP contribution in [0, 0.1) is 0 Å². The smallest absolute Gasteiger partial charge is 0.330 e. The van der Waals surface area contributed by atoms with Crippen LogP contribution in [-0.4, -0.2) is 48.8 Å². The third-order valence-electron chi connectivity index (χ3n) is 3.61. The van der Waals surface area contributed by atoms with E-state index in [0.29, 0.717) is 30.7 Å². The molecule has 1 aromatic heterocycles. The van der Waals surface area contributed by atoms with Crippen molar-refractivity contribution in [3.05, 3.63) is 22.2 Å². The summed E-state index contributed by atoms with van der Waals surface area (Å²) >= 11 is 0. The number of hydrogen-bond donors (Lipinski definition) is 1. The minimum Gasteiger partial charge on any atom is -0.467 e. The number of esters is 1. The Morgan fingerprint density at radius 3 is 3.05 bits per heavy atom. The first-order valence-corrected chi connectivity index (χ1v) is 6.72. The van der Waals surface area contributed by atoms with E-state index in [1.54, 1.807) is 4.90 Å².